The summed E-state index contributed by atoms with van der Waals surface area (Å²) in [6.45, 7) is 16.2. The van der Waals surface area contributed by atoms with Gasteiger partial charge >= 0.3 is 0 Å². The minimum atomic E-state index is -0.465. The van der Waals surface area contributed by atoms with Crippen LogP contribution in [0.1, 0.15) is 82.6 Å². The lowest BCUT2D eigenvalue weighted by atomic mass is 9.76. The zero-order chi connectivity index (χ0) is 25.6. The first-order valence-corrected chi connectivity index (χ1v) is 13.2. The van der Waals surface area contributed by atoms with Crippen molar-refractivity contribution in [3.05, 3.63) is 47.0 Å². The number of hydrogen-bond donors (Lipinski definition) is 1. The van der Waals surface area contributed by atoms with E-state index in [-0.39, 0.29) is 29.4 Å². The van der Waals surface area contributed by atoms with Gasteiger partial charge in [0.2, 0.25) is 11.8 Å². The van der Waals surface area contributed by atoms with E-state index < -0.39 is 6.04 Å². The molecule has 3 rings (SSSR count). The van der Waals surface area contributed by atoms with Crippen LogP contribution < -0.4 is 5.32 Å². The molecule has 6 nitrogen and oxygen atoms in total. The molecule has 1 fully saturated rings. The Bertz CT molecular complexity index is 857. The molecule has 1 N–H and O–H groups in total. The van der Waals surface area contributed by atoms with Crippen molar-refractivity contribution in [2.45, 2.75) is 105 Å². The van der Waals surface area contributed by atoms with Gasteiger partial charge in [0.15, 0.2) is 0 Å². The topological polar surface area (TPSA) is 67.9 Å². The van der Waals surface area contributed by atoms with E-state index in [2.05, 4.69) is 51.7 Å². The number of piperidine rings is 1. The molecule has 35 heavy (non-hydrogen) atoms. The van der Waals surface area contributed by atoms with Crippen molar-refractivity contribution >= 4 is 11.8 Å². The Balaban J connectivity index is 1.69. The van der Waals surface area contributed by atoms with E-state index in [1.54, 1.807) is 6.08 Å². The maximum absolute atomic E-state index is 13.2. The molecule has 1 aromatic carbocycles. The van der Waals surface area contributed by atoms with Gasteiger partial charge in [-0.2, -0.15) is 0 Å². The quantitative estimate of drug-likeness (QED) is 0.462. The van der Waals surface area contributed by atoms with Gasteiger partial charge < -0.3 is 19.7 Å². The summed E-state index contributed by atoms with van der Waals surface area (Å²) in [7, 11) is 0. The van der Waals surface area contributed by atoms with Crippen LogP contribution in [0.25, 0.3) is 0 Å². The molecule has 6 heteroatoms. The molecule has 2 aliphatic rings. The molecule has 1 saturated heterocycles. The maximum atomic E-state index is 13.2. The second-order valence-electron chi connectivity index (χ2n) is 10.9. The van der Waals surface area contributed by atoms with E-state index in [0.29, 0.717) is 26.1 Å². The van der Waals surface area contributed by atoms with Crippen LogP contribution in [0, 0.1) is 5.41 Å². The number of amides is 2. The molecule has 2 amide bonds. The number of benzene rings is 1. The van der Waals surface area contributed by atoms with E-state index in [9.17, 15) is 9.59 Å². The Hall–Kier alpha value is -2.18. The lowest BCUT2D eigenvalue weighted by molar-refractivity contribution is -0.138. The Morgan fingerprint density at radius 3 is 1.97 bits per heavy atom. The monoisotopic (exact) mass is 484 g/mol. The number of carbonyl (C=O) groups is 2. The third-order valence-corrected chi connectivity index (χ3v) is 7.27. The molecular formula is C29H44N2O4. The summed E-state index contributed by atoms with van der Waals surface area (Å²) >= 11 is 0. The Labute approximate surface area is 211 Å². The van der Waals surface area contributed by atoms with Crippen molar-refractivity contribution in [1.82, 2.24) is 10.2 Å². The molecule has 1 aliphatic carbocycles. The molecule has 1 heterocycles. The van der Waals surface area contributed by atoms with Crippen molar-refractivity contribution in [3.63, 3.8) is 0 Å². The third kappa shape index (κ3) is 7.40. The van der Waals surface area contributed by atoms with E-state index >= 15 is 0 Å². The minimum Gasteiger partial charge on any atom is -0.374 e. The molecular weight excluding hydrogens is 440 g/mol. The summed E-state index contributed by atoms with van der Waals surface area (Å²) in [5, 5.41) is 2.84. The highest BCUT2D eigenvalue weighted by Gasteiger charge is 2.41. The highest BCUT2D eigenvalue weighted by atomic mass is 16.5. The Morgan fingerprint density at radius 1 is 1.03 bits per heavy atom. The van der Waals surface area contributed by atoms with Crippen LogP contribution in [0.5, 0.6) is 0 Å². The summed E-state index contributed by atoms with van der Waals surface area (Å²) in [4.78, 5) is 26.7. The van der Waals surface area contributed by atoms with Gasteiger partial charge in [0, 0.05) is 20.0 Å². The maximum Gasteiger partial charge on any atom is 0.245 e. The first kappa shape index (κ1) is 27.4. The molecule has 1 aliphatic heterocycles. The molecule has 0 radical (unpaired) electrons. The Morgan fingerprint density at radius 2 is 1.54 bits per heavy atom. The van der Waals surface area contributed by atoms with E-state index in [1.807, 2.05) is 4.90 Å². The molecule has 0 aromatic heterocycles. The van der Waals surface area contributed by atoms with Crippen molar-refractivity contribution in [2.24, 2.45) is 5.41 Å². The van der Waals surface area contributed by atoms with E-state index in [0.717, 1.165) is 38.8 Å². The number of nitrogens with zero attached hydrogens (tertiary/aromatic N) is 1. The van der Waals surface area contributed by atoms with Gasteiger partial charge in [-0.15, -0.1) is 6.58 Å². The van der Waals surface area contributed by atoms with Crippen molar-refractivity contribution in [3.8, 4) is 0 Å². The molecule has 1 unspecified atom stereocenters. The van der Waals surface area contributed by atoms with Crippen LogP contribution in [-0.4, -0.2) is 48.1 Å². The summed E-state index contributed by atoms with van der Waals surface area (Å²) in [5.41, 5.74) is 5.49. The van der Waals surface area contributed by atoms with Gasteiger partial charge in [-0.3, -0.25) is 9.59 Å². The molecule has 194 valence electrons. The van der Waals surface area contributed by atoms with Gasteiger partial charge in [-0.05, 0) is 93.9 Å². The van der Waals surface area contributed by atoms with E-state index in [1.165, 1.54) is 29.2 Å². The van der Waals surface area contributed by atoms with Crippen LogP contribution in [0.4, 0.5) is 0 Å². The predicted octanol–water partition coefficient (Wildman–Crippen LogP) is 4.71. The van der Waals surface area contributed by atoms with Crippen LogP contribution in [-0.2, 0) is 45.1 Å². The van der Waals surface area contributed by atoms with Crippen molar-refractivity contribution in [1.29, 1.82) is 0 Å². The van der Waals surface area contributed by atoms with Crippen molar-refractivity contribution in [2.75, 3.05) is 13.1 Å². The largest absolute Gasteiger partial charge is 0.374 e. The van der Waals surface area contributed by atoms with Gasteiger partial charge in [0.1, 0.15) is 6.04 Å². The van der Waals surface area contributed by atoms with Crippen LogP contribution >= 0.6 is 0 Å². The summed E-state index contributed by atoms with van der Waals surface area (Å²) in [6.07, 6.45) is 7.53. The van der Waals surface area contributed by atoms with Crippen LogP contribution in [0.3, 0.4) is 0 Å². The molecule has 1 spiro atoms. The first-order valence-electron chi connectivity index (χ1n) is 13.2. The average molecular weight is 485 g/mol. The second-order valence-corrected chi connectivity index (χ2v) is 10.9. The van der Waals surface area contributed by atoms with Crippen LogP contribution in [0.2, 0.25) is 0 Å². The number of hydrogen-bond acceptors (Lipinski definition) is 4. The third-order valence-electron chi connectivity index (χ3n) is 7.27. The van der Waals surface area contributed by atoms with Gasteiger partial charge in [0.05, 0.1) is 25.4 Å². The summed E-state index contributed by atoms with van der Waals surface area (Å²) in [5.74, 6) is -0.129. The average Bonchev–Trinajstić information content (AvgIpc) is 3.14. The Kier molecular flexibility index (Phi) is 9.54. The lowest BCUT2D eigenvalue weighted by Gasteiger charge is -2.40. The number of carbonyl (C=O) groups excluding carboxylic acids is 2. The fourth-order valence-corrected chi connectivity index (χ4v) is 5.34. The number of nitrogens with one attached hydrogen (secondary N) is 1. The lowest BCUT2D eigenvalue weighted by Crippen LogP contribution is -2.52. The number of allylic oxidation sites excluding steroid dienone is 1. The molecule has 0 bridgehead atoms. The molecule has 0 saturated carbocycles. The zero-order valence-corrected chi connectivity index (χ0v) is 22.3. The predicted molar refractivity (Wildman–Crippen MR) is 139 cm³/mol. The first-order chi connectivity index (χ1) is 16.6. The molecule has 1 aromatic rings. The SMILES string of the molecule is C=CCCC(NC(C)=O)C(=O)N1CCC2(CC1)Cc1cc(COC(C)C)c(COC(C)C)cc1C2. The van der Waals surface area contributed by atoms with Gasteiger partial charge in [-0.25, -0.2) is 0 Å². The summed E-state index contributed by atoms with van der Waals surface area (Å²) < 4.78 is 11.9. The van der Waals surface area contributed by atoms with E-state index in [4.69, 9.17) is 9.47 Å². The van der Waals surface area contributed by atoms with Gasteiger partial charge in [0.25, 0.3) is 0 Å². The number of ether oxygens (including phenoxy) is 2. The number of rotatable bonds is 11. The van der Waals surface area contributed by atoms with Crippen molar-refractivity contribution < 1.29 is 19.1 Å². The minimum absolute atomic E-state index is 0.0358. The zero-order valence-electron chi connectivity index (χ0n) is 22.3. The second kappa shape index (κ2) is 12.2. The van der Waals surface area contributed by atoms with Crippen LogP contribution in [0.15, 0.2) is 24.8 Å². The van der Waals surface area contributed by atoms with Gasteiger partial charge in [-0.1, -0.05) is 18.2 Å². The fraction of sp³-hybridized carbons (Fsp3) is 0.655. The number of fused-ring (bicyclic) bond motifs is 1. The highest BCUT2D eigenvalue weighted by molar-refractivity contribution is 5.87. The number of likely N-dealkylation sites (tertiary alicyclic amines) is 1. The standard InChI is InChI=1S/C29H44N2O4/c1-7-8-9-27(30-22(6)32)28(33)31-12-10-29(11-13-31)16-23-14-25(18-34-20(2)3)26(15-24(23)17-29)19-35-21(4)5/h7,14-15,20-21,27H,1,8-13,16-19H2,2-6H3,(H,30,32). The smallest absolute Gasteiger partial charge is 0.245 e. The summed E-state index contributed by atoms with van der Waals surface area (Å²) in [6, 6.07) is 4.21. The highest BCUT2D eigenvalue weighted by Crippen LogP contribution is 2.45. The normalized spacial score (nSPS) is 17.6. The fourth-order valence-electron chi connectivity index (χ4n) is 5.34. The molecule has 1 atom stereocenters.